The van der Waals surface area contributed by atoms with E-state index in [4.69, 9.17) is 0 Å². The normalized spacial score (nSPS) is 10.4. The van der Waals surface area contributed by atoms with Crippen LogP contribution in [-0.4, -0.2) is 17.6 Å². The van der Waals surface area contributed by atoms with E-state index in [1.165, 1.54) is 23.9 Å². The summed E-state index contributed by atoms with van der Waals surface area (Å²) in [4.78, 5) is 24.7. The number of benzene rings is 2. The van der Waals surface area contributed by atoms with Crippen molar-refractivity contribution in [3.63, 3.8) is 0 Å². The average molecular weight is 439 g/mol. The van der Waals surface area contributed by atoms with Gasteiger partial charge >= 0.3 is 0 Å². The van der Waals surface area contributed by atoms with Crippen molar-refractivity contribution in [1.29, 1.82) is 0 Å². The minimum Gasteiger partial charge on any atom is -0.326 e. The van der Waals surface area contributed by atoms with Crippen LogP contribution in [0.15, 0.2) is 51.8 Å². The van der Waals surface area contributed by atoms with Gasteiger partial charge in [-0.2, -0.15) is 0 Å². The van der Waals surface area contributed by atoms with Gasteiger partial charge in [-0.15, -0.1) is 11.8 Å². The maximum absolute atomic E-state index is 13.7. The first-order valence-corrected chi connectivity index (χ1v) is 10.0. The zero-order valence-corrected chi connectivity index (χ0v) is 16.8. The molecule has 0 aliphatic heterocycles. The molecule has 2 amide bonds. The van der Waals surface area contributed by atoms with Gasteiger partial charge in [-0.3, -0.25) is 9.59 Å². The predicted molar refractivity (Wildman–Crippen MR) is 108 cm³/mol. The Morgan fingerprint density at radius 1 is 1.12 bits per heavy atom. The molecule has 2 aromatic rings. The van der Waals surface area contributed by atoms with Gasteiger partial charge in [0.05, 0.1) is 11.4 Å². The zero-order chi connectivity index (χ0) is 18.9. The first-order valence-electron chi connectivity index (χ1n) is 8.25. The molecule has 2 N–H and O–H groups in total. The van der Waals surface area contributed by atoms with E-state index in [-0.39, 0.29) is 23.3 Å². The number of nitrogens with one attached hydrogen (secondary N) is 2. The van der Waals surface area contributed by atoms with Crippen LogP contribution in [0.3, 0.4) is 0 Å². The molecular weight excluding hydrogens is 419 g/mol. The van der Waals surface area contributed by atoms with Crippen molar-refractivity contribution in [3.05, 3.63) is 52.8 Å². The lowest BCUT2D eigenvalue weighted by Gasteiger charge is -2.08. The summed E-state index contributed by atoms with van der Waals surface area (Å²) in [7, 11) is 0. The third kappa shape index (κ3) is 6.80. The van der Waals surface area contributed by atoms with E-state index >= 15 is 0 Å². The molecule has 0 aliphatic rings. The summed E-state index contributed by atoms with van der Waals surface area (Å²) in [6, 6.07) is 11.8. The monoisotopic (exact) mass is 438 g/mol. The van der Waals surface area contributed by atoms with Gasteiger partial charge in [0.25, 0.3) is 0 Å². The van der Waals surface area contributed by atoms with Crippen molar-refractivity contribution in [2.24, 2.45) is 0 Å². The van der Waals surface area contributed by atoms with Crippen molar-refractivity contribution in [2.45, 2.75) is 31.1 Å². The SMILES string of the molecule is CCCCC(=O)Nc1cccc(SCC(=O)Nc2ccc(Br)cc2F)c1. The Labute approximate surface area is 165 Å². The Morgan fingerprint density at radius 3 is 2.65 bits per heavy atom. The molecule has 0 aliphatic carbocycles. The number of amides is 2. The lowest BCUT2D eigenvalue weighted by Crippen LogP contribution is -2.15. The Kier molecular flexibility index (Phi) is 8.12. The Bertz CT molecular complexity index is 786. The fourth-order valence-corrected chi connectivity index (χ4v) is 3.24. The van der Waals surface area contributed by atoms with Gasteiger partial charge in [0, 0.05) is 21.5 Å². The summed E-state index contributed by atoms with van der Waals surface area (Å²) in [6.45, 7) is 2.04. The number of anilines is 2. The number of unbranched alkanes of at least 4 members (excludes halogenated alkanes) is 1. The topological polar surface area (TPSA) is 58.2 Å². The smallest absolute Gasteiger partial charge is 0.234 e. The molecule has 0 saturated heterocycles. The second-order valence-corrected chi connectivity index (χ2v) is 7.61. The summed E-state index contributed by atoms with van der Waals surface area (Å²) < 4.78 is 14.4. The Hall–Kier alpha value is -1.86. The Morgan fingerprint density at radius 2 is 1.92 bits per heavy atom. The third-order valence-electron chi connectivity index (χ3n) is 3.45. The summed E-state index contributed by atoms with van der Waals surface area (Å²) in [6.07, 6.45) is 2.32. The Balaban J connectivity index is 1.87. The fraction of sp³-hybridized carbons (Fsp3) is 0.263. The number of carbonyl (C=O) groups excluding carboxylic acids is 2. The maximum atomic E-state index is 13.7. The summed E-state index contributed by atoms with van der Waals surface area (Å²) in [5, 5.41) is 5.40. The molecule has 0 bridgehead atoms. The first kappa shape index (κ1) is 20.5. The number of halogens is 2. The van der Waals surface area contributed by atoms with E-state index in [0.29, 0.717) is 16.6 Å². The molecule has 4 nitrogen and oxygen atoms in total. The van der Waals surface area contributed by atoms with Crippen molar-refractivity contribution < 1.29 is 14.0 Å². The van der Waals surface area contributed by atoms with Crippen LogP contribution in [0.1, 0.15) is 26.2 Å². The van der Waals surface area contributed by atoms with Crippen molar-refractivity contribution >= 4 is 50.9 Å². The van der Waals surface area contributed by atoms with Crippen molar-refractivity contribution in [3.8, 4) is 0 Å². The van der Waals surface area contributed by atoms with E-state index < -0.39 is 5.82 Å². The number of hydrogen-bond acceptors (Lipinski definition) is 3. The first-order chi connectivity index (χ1) is 12.5. The van der Waals surface area contributed by atoms with E-state index in [9.17, 15) is 14.0 Å². The van der Waals surface area contributed by atoms with E-state index in [1.807, 2.05) is 31.2 Å². The molecule has 138 valence electrons. The van der Waals surface area contributed by atoms with Crippen LogP contribution in [0.2, 0.25) is 0 Å². The third-order valence-corrected chi connectivity index (χ3v) is 4.94. The lowest BCUT2D eigenvalue weighted by molar-refractivity contribution is -0.116. The highest BCUT2D eigenvalue weighted by Gasteiger charge is 2.09. The molecule has 0 aromatic heterocycles. The van der Waals surface area contributed by atoms with Crippen molar-refractivity contribution in [1.82, 2.24) is 0 Å². The van der Waals surface area contributed by atoms with E-state index in [1.54, 1.807) is 6.07 Å². The van der Waals surface area contributed by atoms with Gasteiger partial charge < -0.3 is 10.6 Å². The highest BCUT2D eigenvalue weighted by molar-refractivity contribution is 9.10. The molecule has 2 aromatic carbocycles. The molecular formula is C19H20BrFN2O2S. The number of thioether (sulfide) groups is 1. The van der Waals surface area contributed by atoms with Crippen LogP contribution in [0.4, 0.5) is 15.8 Å². The van der Waals surface area contributed by atoms with Gasteiger partial charge in [-0.05, 0) is 42.8 Å². The second-order valence-electron chi connectivity index (χ2n) is 5.64. The summed E-state index contributed by atoms with van der Waals surface area (Å²) in [5.41, 5.74) is 0.853. The molecule has 0 fully saturated rings. The van der Waals surface area contributed by atoms with Gasteiger partial charge in [-0.25, -0.2) is 4.39 Å². The van der Waals surface area contributed by atoms with Crippen LogP contribution in [0.25, 0.3) is 0 Å². The number of hydrogen-bond donors (Lipinski definition) is 2. The van der Waals surface area contributed by atoms with Crippen LogP contribution >= 0.6 is 27.7 Å². The van der Waals surface area contributed by atoms with Crippen LogP contribution in [-0.2, 0) is 9.59 Å². The molecule has 26 heavy (non-hydrogen) atoms. The molecule has 0 saturated carbocycles. The standard InChI is InChI=1S/C19H20BrFN2O2S/c1-2-3-7-18(24)22-14-5-4-6-15(11-14)26-12-19(25)23-17-9-8-13(20)10-16(17)21/h4-6,8-11H,2-3,7,12H2,1H3,(H,22,24)(H,23,25). The average Bonchev–Trinajstić information content (AvgIpc) is 2.61. The zero-order valence-electron chi connectivity index (χ0n) is 14.4. The number of carbonyl (C=O) groups is 2. The molecule has 0 heterocycles. The van der Waals surface area contributed by atoms with Crippen molar-refractivity contribution in [2.75, 3.05) is 16.4 Å². The van der Waals surface area contributed by atoms with Gasteiger partial charge in [0.2, 0.25) is 11.8 Å². The molecule has 0 unspecified atom stereocenters. The minimum atomic E-state index is -0.491. The maximum Gasteiger partial charge on any atom is 0.234 e. The highest BCUT2D eigenvalue weighted by atomic mass is 79.9. The van der Waals surface area contributed by atoms with Crippen LogP contribution < -0.4 is 10.6 Å². The lowest BCUT2D eigenvalue weighted by atomic mass is 10.2. The predicted octanol–water partition coefficient (Wildman–Crippen LogP) is 5.45. The number of rotatable bonds is 8. The molecule has 2 rings (SSSR count). The van der Waals surface area contributed by atoms with Gasteiger partial charge in [0.1, 0.15) is 5.82 Å². The quantitative estimate of drug-likeness (QED) is 0.538. The summed E-state index contributed by atoms with van der Waals surface area (Å²) in [5.74, 6) is -0.663. The van der Waals surface area contributed by atoms with Gasteiger partial charge in [0.15, 0.2) is 0 Å². The molecule has 0 atom stereocenters. The molecule has 0 spiro atoms. The molecule has 7 heteroatoms. The fourth-order valence-electron chi connectivity index (χ4n) is 2.15. The second kappa shape index (κ2) is 10.3. The van der Waals surface area contributed by atoms with Gasteiger partial charge in [-0.1, -0.05) is 35.3 Å². The highest BCUT2D eigenvalue weighted by Crippen LogP contribution is 2.23. The van der Waals surface area contributed by atoms with Crippen LogP contribution in [0, 0.1) is 5.82 Å². The van der Waals surface area contributed by atoms with Crippen LogP contribution in [0.5, 0.6) is 0 Å². The summed E-state index contributed by atoms with van der Waals surface area (Å²) >= 11 is 4.50. The minimum absolute atomic E-state index is 0.0162. The molecule has 0 radical (unpaired) electrons. The van der Waals surface area contributed by atoms with E-state index in [0.717, 1.165) is 17.7 Å². The van der Waals surface area contributed by atoms with E-state index in [2.05, 4.69) is 26.6 Å². The largest absolute Gasteiger partial charge is 0.326 e.